The summed E-state index contributed by atoms with van der Waals surface area (Å²) in [5, 5.41) is 0. The molecular weight excluding hydrogens is 306 g/mol. The molecule has 5 heteroatoms. The van der Waals surface area contributed by atoms with E-state index in [0.717, 1.165) is 5.56 Å². The van der Waals surface area contributed by atoms with Crippen molar-refractivity contribution in [1.82, 2.24) is 4.90 Å². The highest BCUT2D eigenvalue weighted by Crippen LogP contribution is 2.55. The third-order valence-corrected chi connectivity index (χ3v) is 4.84. The molecule has 1 aliphatic heterocycles. The number of fused-ring (bicyclic) bond motifs is 1. The lowest BCUT2D eigenvalue weighted by molar-refractivity contribution is -0.151. The van der Waals surface area contributed by atoms with Gasteiger partial charge in [0, 0.05) is 6.54 Å². The molecule has 0 bridgehead atoms. The minimum Gasteiger partial charge on any atom is -0.459 e. The summed E-state index contributed by atoms with van der Waals surface area (Å²) in [4.78, 5) is 26.6. The van der Waals surface area contributed by atoms with Gasteiger partial charge in [0.2, 0.25) is 0 Å². The standard InChI is InChI=1S/C19H25NO4/c1-12-14-10-20(18(22)24-19(2,3)4)16(15(12)14)17(21)23-11-13-8-6-5-7-9-13/h5-9,12,14-16H,10-11H2,1-4H3/t12-,14+,15-,16+/m1/s1. The van der Waals surface area contributed by atoms with Gasteiger partial charge in [-0.05, 0) is 44.1 Å². The number of amides is 1. The Labute approximate surface area is 142 Å². The molecule has 0 radical (unpaired) electrons. The third-order valence-electron chi connectivity index (χ3n) is 4.84. The molecule has 5 nitrogen and oxygen atoms in total. The molecule has 1 aromatic rings. The van der Waals surface area contributed by atoms with Gasteiger partial charge < -0.3 is 9.47 Å². The van der Waals surface area contributed by atoms with Gasteiger partial charge in [-0.25, -0.2) is 9.59 Å². The molecular formula is C19H25NO4. The fourth-order valence-electron chi connectivity index (χ4n) is 3.54. The van der Waals surface area contributed by atoms with Crippen LogP contribution < -0.4 is 0 Å². The number of hydrogen-bond acceptors (Lipinski definition) is 4. The Morgan fingerprint density at radius 1 is 1.21 bits per heavy atom. The number of benzene rings is 1. The second kappa shape index (κ2) is 6.11. The van der Waals surface area contributed by atoms with Crippen LogP contribution in [0.4, 0.5) is 4.79 Å². The Morgan fingerprint density at radius 3 is 2.50 bits per heavy atom. The fraction of sp³-hybridized carbons (Fsp3) is 0.579. The van der Waals surface area contributed by atoms with Crippen LogP contribution in [0.2, 0.25) is 0 Å². The van der Waals surface area contributed by atoms with E-state index in [9.17, 15) is 9.59 Å². The molecule has 1 heterocycles. The lowest BCUT2D eigenvalue weighted by Gasteiger charge is -2.30. The van der Waals surface area contributed by atoms with Crippen LogP contribution >= 0.6 is 0 Å². The predicted octanol–water partition coefficient (Wildman–Crippen LogP) is 3.23. The zero-order chi connectivity index (χ0) is 17.5. The molecule has 0 spiro atoms. The second-order valence-corrected chi connectivity index (χ2v) is 7.77. The summed E-state index contributed by atoms with van der Waals surface area (Å²) in [7, 11) is 0. The molecule has 24 heavy (non-hydrogen) atoms. The van der Waals surface area contributed by atoms with Crippen molar-refractivity contribution in [2.45, 2.75) is 45.9 Å². The maximum Gasteiger partial charge on any atom is 0.411 e. The SMILES string of the molecule is C[C@@H]1[C@@H]2CN(C(=O)OC(C)(C)C)[C@H](C(=O)OCc3ccccc3)[C@H]12. The van der Waals surface area contributed by atoms with Gasteiger partial charge in [-0.1, -0.05) is 37.3 Å². The maximum absolute atomic E-state index is 12.6. The Balaban J connectivity index is 1.66. The molecule has 0 aromatic heterocycles. The number of rotatable bonds is 3. The van der Waals surface area contributed by atoms with E-state index in [0.29, 0.717) is 18.4 Å². The summed E-state index contributed by atoms with van der Waals surface area (Å²) < 4.78 is 10.9. The molecule has 130 valence electrons. The van der Waals surface area contributed by atoms with Gasteiger partial charge in [-0.2, -0.15) is 0 Å². The Bertz CT molecular complexity index is 622. The lowest BCUT2D eigenvalue weighted by atomic mass is 10.1. The molecule has 0 unspecified atom stereocenters. The van der Waals surface area contributed by atoms with Crippen LogP contribution in [0.15, 0.2) is 30.3 Å². The van der Waals surface area contributed by atoms with E-state index in [1.54, 1.807) is 4.90 Å². The van der Waals surface area contributed by atoms with E-state index in [-0.39, 0.29) is 18.5 Å². The highest BCUT2D eigenvalue weighted by molar-refractivity contribution is 5.83. The van der Waals surface area contributed by atoms with Crippen LogP contribution in [0.3, 0.4) is 0 Å². The molecule has 2 aliphatic rings. The number of nitrogens with zero attached hydrogens (tertiary/aromatic N) is 1. The minimum absolute atomic E-state index is 0.195. The number of likely N-dealkylation sites (tertiary alicyclic amines) is 1. The number of hydrogen-bond donors (Lipinski definition) is 0. The molecule has 2 fully saturated rings. The average molecular weight is 331 g/mol. The minimum atomic E-state index is -0.575. The first-order valence-electron chi connectivity index (χ1n) is 8.48. The Morgan fingerprint density at radius 2 is 1.88 bits per heavy atom. The van der Waals surface area contributed by atoms with Gasteiger partial charge in [0.15, 0.2) is 0 Å². The number of esters is 1. The quantitative estimate of drug-likeness (QED) is 0.798. The zero-order valence-electron chi connectivity index (χ0n) is 14.7. The lowest BCUT2D eigenvalue weighted by Crippen LogP contribution is -2.47. The average Bonchev–Trinajstić information content (AvgIpc) is 2.96. The second-order valence-electron chi connectivity index (χ2n) is 7.77. The number of ether oxygens (including phenoxy) is 2. The topological polar surface area (TPSA) is 55.8 Å². The molecule has 3 rings (SSSR count). The highest BCUT2D eigenvalue weighted by atomic mass is 16.6. The van der Waals surface area contributed by atoms with Crippen molar-refractivity contribution >= 4 is 12.1 Å². The first-order chi connectivity index (χ1) is 11.3. The summed E-state index contributed by atoms with van der Waals surface area (Å²) in [6.45, 7) is 8.41. The summed E-state index contributed by atoms with van der Waals surface area (Å²) >= 11 is 0. The van der Waals surface area contributed by atoms with Crippen molar-refractivity contribution in [3.8, 4) is 0 Å². The van der Waals surface area contributed by atoms with Gasteiger partial charge in [0.05, 0.1) is 0 Å². The van der Waals surface area contributed by atoms with Crippen molar-refractivity contribution in [3.05, 3.63) is 35.9 Å². The van der Waals surface area contributed by atoms with E-state index < -0.39 is 17.7 Å². The van der Waals surface area contributed by atoms with E-state index in [1.807, 2.05) is 51.1 Å². The Kier molecular flexibility index (Phi) is 4.28. The molecule has 1 aromatic carbocycles. The van der Waals surface area contributed by atoms with E-state index in [2.05, 4.69) is 6.92 Å². The highest BCUT2D eigenvalue weighted by Gasteiger charge is 2.63. The van der Waals surface area contributed by atoms with Crippen molar-refractivity contribution in [1.29, 1.82) is 0 Å². The number of carbonyl (C=O) groups is 2. The number of carbonyl (C=O) groups excluding carboxylic acids is 2. The van der Waals surface area contributed by atoms with E-state index in [4.69, 9.17) is 9.47 Å². The molecule has 1 saturated carbocycles. The molecule has 1 saturated heterocycles. The summed E-state index contributed by atoms with van der Waals surface area (Å²) in [5.74, 6) is 0.701. The monoisotopic (exact) mass is 331 g/mol. The largest absolute Gasteiger partial charge is 0.459 e. The number of piperidine rings is 1. The summed E-state index contributed by atoms with van der Waals surface area (Å²) in [6, 6.07) is 9.04. The molecule has 1 aliphatic carbocycles. The predicted molar refractivity (Wildman–Crippen MR) is 89.1 cm³/mol. The Hall–Kier alpha value is -2.04. The van der Waals surface area contributed by atoms with Crippen LogP contribution in [0.1, 0.15) is 33.3 Å². The molecule has 4 atom stereocenters. The van der Waals surface area contributed by atoms with E-state index in [1.165, 1.54) is 0 Å². The molecule has 1 amide bonds. The first-order valence-corrected chi connectivity index (χ1v) is 8.48. The van der Waals surface area contributed by atoms with Crippen molar-refractivity contribution in [2.24, 2.45) is 17.8 Å². The summed E-state index contributed by atoms with van der Waals surface area (Å²) in [6.07, 6.45) is -0.427. The van der Waals surface area contributed by atoms with Crippen LogP contribution in [-0.2, 0) is 20.9 Å². The van der Waals surface area contributed by atoms with Gasteiger partial charge in [-0.15, -0.1) is 0 Å². The van der Waals surface area contributed by atoms with Gasteiger partial charge in [-0.3, -0.25) is 4.90 Å². The summed E-state index contributed by atoms with van der Waals surface area (Å²) in [5.41, 5.74) is 0.363. The third kappa shape index (κ3) is 3.40. The van der Waals surface area contributed by atoms with Crippen molar-refractivity contribution < 1.29 is 19.1 Å². The normalized spacial score (nSPS) is 28.2. The van der Waals surface area contributed by atoms with Crippen LogP contribution in [0, 0.1) is 17.8 Å². The molecule has 0 N–H and O–H groups in total. The van der Waals surface area contributed by atoms with Crippen LogP contribution in [0.25, 0.3) is 0 Å². The van der Waals surface area contributed by atoms with Gasteiger partial charge >= 0.3 is 12.1 Å². The maximum atomic E-state index is 12.6. The smallest absolute Gasteiger partial charge is 0.411 e. The van der Waals surface area contributed by atoms with Gasteiger partial charge in [0.1, 0.15) is 18.2 Å². The van der Waals surface area contributed by atoms with E-state index >= 15 is 0 Å². The van der Waals surface area contributed by atoms with Gasteiger partial charge in [0.25, 0.3) is 0 Å². The van der Waals surface area contributed by atoms with Crippen molar-refractivity contribution in [3.63, 3.8) is 0 Å². The fourth-order valence-corrected chi connectivity index (χ4v) is 3.54. The van der Waals surface area contributed by atoms with Crippen LogP contribution in [0.5, 0.6) is 0 Å². The zero-order valence-corrected chi connectivity index (χ0v) is 14.7. The van der Waals surface area contributed by atoms with Crippen LogP contribution in [-0.4, -0.2) is 35.2 Å². The first kappa shape index (κ1) is 16.8. The van der Waals surface area contributed by atoms with Crippen molar-refractivity contribution in [2.75, 3.05) is 6.54 Å².